The van der Waals surface area contributed by atoms with E-state index in [2.05, 4.69) is 5.32 Å². The Bertz CT molecular complexity index is 133. The van der Waals surface area contributed by atoms with Crippen LogP contribution in [0, 0.1) is 0 Å². The molecule has 72 valence electrons. The molecule has 4 heteroatoms. The highest BCUT2D eigenvalue weighted by molar-refractivity contribution is 4.78. The average Bonchev–Trinajstić information content (AvgIpc) is 2.53. The van der Waals surface area contributed by atoms with Gasteiger partial charge in [-0.3, -0.25) is 0 Å². The Morgan fingerprint density at radius 1 is 1.33 bits per heavy atom. The molecule has 0 unspecified atom stereocenters. The summed E-state index contributed by atoms with van der Waals surface area (Å²) in [4.78, 5) is 0. The summed E-state index contributed by atoms with van der Waals surface area (Å²) in [6, 6.07) is 0.294. The van der Waals surface area contributed by atoms with Crippen LogP contribution in [0.1, 0.15) is 25.7 Å². The van der Waals surface area contributed by atoms with Gasteiger partial charge in [-0.05, 0) is 12.8 Å². The molecule has 0 bridgehead atoms. The molecular weight excluding hydrogens is 162 g/mol. The maximum absolute atomic E-state index is 12.6. The smallest absolute Gasteiger partial charge is 0.272 e. The van der Waals surface area contributed by atoms with Gasteiger partial charge in [-0.2, -0.15) is 0 Å². The SMILES string of the molecule is NCC(F)(F)CNC1CCCC1. The first-order valence-electron chi connectivity index (χ1n) is 4.45. The van der Waals surface area contributed by atoms with E-state index in [9.17, 15) is 8.78 Å². The first kappa shape index (κ1) is 9.86. The summed E-state index contributed by atoms with van der Waals surface area (Å²) >= 11 is 0. The molecule has 1 rings (SSSR count). The number of nitrogens with one attached hydrogen (secondary N) is 1. The minimum Gasteiger partial charge on any atom is -0.325 e. The molecule has 0 amide bonds. The van der Waals surface area contributed by atoms with Gasteiger partial charge in [0.05, 0.1) is 13.1 Å². The Balaban J connectivity index is 2.15. The van der Waals surface area contributed by atoms with Crippen LogP contribution < -0.4 is 11.1 Å². The molecule has 12 heavy (non-hydrogen) atoms. The Morgan fingerprint density at radius 2 is 1.92 bits per heavy atom. The Morgan fingerprint density at radius 3 is 2.42 bits per heavy atom. The van der Waals surface area contributed by atoms with E-state index in [1.54, 1.807) is 0 Å². The van der Waals surface area contributed by atoms with Crippen molar-refractivity contribution < 1.29 is 8.78 Å². The standard InChI is InChI=1S/C8H16F2N2/c9-8(10,5-11)6-12-7-3-1-2-4-7/h7,12H,1-6,11H2. The lowest BCUT2D eigenvalue weighted by Gasteiger charge is -2.18. The normalized spacial score (nSPS) is 20.2. The van der Waals surface area contributed by atoms with Crippen molar-refractivity contribution in [2.45, 2.75) is 37.6 Å². The molecule has 0 radical (unpaired) electrons. The molecule has 0 aromatic rings. The van der Waals surface area contributed by atoms with Crippen LogP contribution in [-0.4, -0.2) is 25.1 Å². The first-order valence-corrected chi connectivity index (χ1v) is 4.45. The minimum absolute atomic E-state index is 0.270. The van der Waals surface area contributed by atoms with E-state index >= 15 is 0 Å². The van der Waals surface area contributed by atoms with Crippen molar-refractivity contribution in [2.75, 3.05) is 13.1 Å². The first-order chi connectivity index (χ1) is 5.64. The van der Waals surface area contributed by atoms with Crippen molar-refractivity contribution in [1.29, 1.82) is 0 Å². The van der Waals surface area contributed by atoms with Gasteiger partial charge >= 0.3 is 0 Å². The van der Waals surface area contributed by atoms with Gasteiger partial charge in [0.15, 0.2) is 0 Å². The van der Waals surface area contributed by atoms with Crippen molar-refractivity contribution in [2.24, 2.45) is 5.73 Å². The molecule has 1 saturated carbocycles. The maximum Gasteiger partial charge on any atom is 0.272 e. The van der Waals surface area contributed by atoms with E-state index in [1.165, 1.54) is 0 Å². The van der Waals surface area contributed by atoms with Crippen LogP contribution in [0.15, 0.2) is 0 Å². The van der Waals surface area contributed by atoms with Crippen LogP contribution in [-0.2, 0) is 0 Å². The van der Waals surface area contributed by atoms with Gasteiger partial charge in [0.2, 0.25) is 0 Å². The molecule has 1 aliphatic rings. The van der Waals surface area contributed by atoms with E-state index in [0.29, 0.717) is 6.04 Å². The highest BCUT2D eigenvalue weighted by atomic mass is 19.3. The predicted molar refractivity (Wildman–Crippen MR) is 44.3 cm³/mol. The fraction of sp³-hybridized carbons (Fsp3) is 1.00. The van der Waals surface area contributed by atoms with Gasteiger partial charge in [0, 0.05) is 6.04 Å². The molecule has 1 fully saturated rings. The van der Waals surface area contributed by atoms with Crippen LogP contribution in [0.5, 0.6) is 0 Å². The second kappa shape index (κ2) is 4.14. The monoisotopic (exact) mass is 178 g/mol. The summed E-state index contributed by atoms with van der Waals surface area (Å²) in [6.45, 7) is -0.832. The fourth-order valence-electron chi connectivity index (χ4n) is 1.50. The quantitative estimate of drug-likeness (QED) is 0.676. The van der Waals surface area contributed by atoms with Crippen molar-refractivity contribution in [3.63, 3.8) is 0 Å². The Hall–Kier alpha value is -0.220. The largest absolute Gasteiger partial charge is 0.325 e. The zero-order chi connectivity index (χ0) is 9.03. The third-order valence-corrected chi connectivity index (χ3v) is 2.30. The third kappa shape index (κ3) is 3.03. The van der Waals surface area contributed by atoms with Crippen LogP contribution in [0.2, 0.25) is 0 Å². The van der Waals surface area contributed by atoms with Crippen LogP contribution >= 0.6 is 0 Å². The lowest BCUT2D eigenvalue weighted by atomic mass is 10.2. The topological polar surface area (TPSA) is 38.0 Å². The summed E-state index contributed by atoms with van der Waals surface area (Å²) in [5, 5.41) is 2.84. The van der Waals surface area contributed by atoms with Crippen LogP contribution in [0.3, 0.4) is 0 Å². The zero-order valence-electron chi connectivity index (χ0n) is 7.15. The van der Waals surface area contributed by atoms with Gasteiger partial charge in [-0.15, -0.1) is 0 Å². The Kier molecular flexibility index (Phi) is 3.40. The number of halogens is 2. The summed E-state index contributed by atoms with van der Waals surface area (Å²) in [5.41, 5.74) is 4.90. The minimum atomic E-state index is -2.73. The van der Waals surface area contributed by atoms with E-state index in [1.807, 2.05) is 0 Å². The van der Waals surface area contributed by atoms with Gasteiger partial charge in [-0.1, -0.05) is 12.8 Å². The molecule has 0 aromatic heterocycles. The average molecular weight is 178 g/mol. The lowest BCUT2D eigenvalue weighted by molar-refractivity contribution is 0.00935. The molecule has 0 atom stereocenters. The highest BCUT2D eigenvalue weighted by Gasteiger charge is 2.28. The van der Waals surface area contributed by atoms with Crippen molar-refractivity contribution >= 4 is 0 Å². The molecule has 0 aromatic carbocycles. The molecule has 1 aliphatic carbocycles. The van der Waals surface area contributed by atoms with Crippen LogP contribution in [0.25, 0.3) is 0 Å². The summed E-state index contributed by atoms with van der Waals surface area (Å²) < 4.78 is 25.2. The van der Waals surface area contributed by atoms with Gasteiger partial charge in [-0.25, -0.2) is 8.78 Å². The number of alkyl halides is 2. The van der Waals surface area contributed by atoms with Crippen molar-refractivity contribution in [3.05, 3.63) is 0 Å². The number of hydrogen-bond donors (Lipinski definition) is 2. The predicted octanol–water partition coefficient (Wildman–Crippen LogP) is 1.11. The van der Waals surface area contributed by atoms with Crippen molar-refractivity contribution in [1.82, 2.24) is 5.32 Å². The fourth-order valence-corrected chi connectivity index (χ4v) is 1.50. The van der Waals surface area contributed by atoms with Gasteiger partial charge < -0.3 is 11.1 Å². The third-order valence-electron chi connectivity index (χ3n) is 2.30. The summed E-state index contributed by atoms with van der Waals surface area (Å²) in [5.74, 6) is -2.73. The Labute approximate surface area is 71.5 Å². The molecule has 0 aliphatic heterocycles. The molecule has 3 N–H and O–H groups in total. The van der Waals surface area contributed by atoms with Crippen LogP contribution in [0.4, 0.5) is 8.78 Å². The van der Waals surface area contributed by atoms with E-state index in [4.69, 9.17) is 5.73 Å². The molecule has 0 heterocycles. The molecular formula is C8H16F2N2. The molecule has 0 saturated heterocycles. The molecule has 0 spiro atoms. The van der Waals surface area contributed by atoms with Crippen molar-refractivity contribution in [3.8, 4) is 0 Å². The van der Waals surface area contributed by atoms with Gasteiger partial charge in [0.25, 0.3) is 5.92 Å². The summed E-state index contributed by atoms with van der Waals surface area (Å²) in [7, 11) is 0. The number of rotatable bonds is 4. The number of nitrogens with two attached hydrogens (primary N) is 1. The van der Waals surface area contributed by atoms with E-state index < -0.39 is 12.5 Å². The maximum atomic E-state index is 12.6. The summed E-state index contributed by atoms with van der Waals surface area (Å²) in [6.07, 6.45) is 4.37. The zero-order valence-corrected chi connectivity index (χ0v) is 7.15. The highest BCUT2D eigenvalue weighted by Crippen LogP contribution is 2.19. The van der Waals surface area contributed by atoms with E-state index in [-0.39, 0.29) is 6.54 Å². The second-order valence-electron chi connectivity index (χ2n) is 3.42. The lowest BCUT2D eigenvalue weighted by Crippen LogP contribution is -2.42. The molecule has 2 nitrogen and oxygen atoms in total. The number of hydrogen-bond acceptors (Lipinski definition) is 2. The van der Waals surface area contributed by atoms with E-state index in [0.717, 1.165) is 25.7 Å². The second-order valence-corrected chi connectivity index (χ2v) is 3.42. The van der Waals surface area contributed by atoms with Gasteiger partial charge in [0.1, 0.15) is 0 Å².